The molecule has 0 aliphatic heterocycles. The Labute approximate surface area is 110 Å². The van der Waals surface area contributed by atoms with Crippen LogP contribution in [0.3, 0.4) is 0 Å². The summed E-state index contributed by atoms with van der Waals surface area (Å²) in [6.45, 7) is 1.74. The molecule has 0 saturated carbocycles. The standard InChI is InChI=1S/C13H13N5O/c1-8-11(15)12(18(2)17-8)13(19)16-10-5-3-4-9(6-10)7-14/h3-6H,15H2,1-2H3,(H,16,19). The first-order valence-corrected chi connectivity index (χ1v) is 5.63. The molecule has 0 saturated heterocycles. The van der Waals surface area contributed by atoms with E-state index in [4.69, 9.17) is 11.0 Å². The van der Waals surface area contributed by atoms with E-state index in [1.165, 1.54) is 4.68 Å². The topological polar surface area (TPSA) is 96.7 Å². The first-order valence-electron chi connectivity index (χ1n) is 5.63. The molecule has 3 N–H and O–H groups in total. The van der Waals surface area contributed by atoms with E-state index < -0.39 is 0 Å². The van der Waals surface area contributed by atoms with E-state index in [9.17, 15) is 4.79 Å². The fraction of sp³-hybridized carbons (Fsp3) is 0.154. The molecule has 0 spiro atoms. The monoisotopic (exact) mass is 255 g/mol. The number of benzene rings is 1. The van der Waals surface area contributed by atoms with Gasteiger partial charge in [-0.3, -0.25) is 9.48 Å². The normalized spacial score (nSPS) is 9.95. The van der Waals surface area contributed by atoms with Crippen LogP contribution in [0, 0.1) is 18.3 Å². The molecule has 96 valence electrons. The number of nitrogens with zero attached hydrogens (tertiary/aromatic N) is 3. The van der Waals surface area contributed by atoms with Gasteiger partial charge in [0.05, 0.1) is 23.0 Å². The van der Waals surface area contributed by atoms with Crippen LogP contribution in [0.15, 0.2) is 24.3 Å². The summed E-state index contributed by atoms with van der Waals surface area (Å²) in [6, 6.07) is 8.68. The predicted octanol–water partition coefficient (Wildman–Crippen LogP) is 1.43. The minimum atomic E-state index is -0.351. The number of carbonyl (C=O) groups excluding carboxylic acids is 1. The number of nitrogens with two attached hydrogens (primary N) is 1. The Bertz CT molecular complexity index is 681. The number of aromatic nitrogens is 2. The van der Waals surface area contributed by atoms with Crippen molar-refractivity contribution in [2.24, 2.45) is 7.05 Å². The van der Waals surface area contributed by atoms with Gasteiger partial charge in [0.25, 0.3) is 5.91 Å². The summed E-state index contributed by atoms with van der Waals surface area (Å²) in [4.78, 5) is 12.1. The van der Waals surface area contributed by atoms with Gasteiger partial charge in [-0.15, -0.1) is 0 Å². The van der Waals surface area contributed by atoms with Crippen LogP contribution in [-0.4, -0.2) is 15.7 Å². The number of anilines is 2. The second-order valence-electron chi connectivity index (χ2n) is 4.12. The van der Waals surface area contributed by atoms with Gasteiger partial charge in [-0.05, 0) is 25.1 Å². The fourth-order valence-corrected chi connectivity index (χ4v) is 1.80. The summed E-state index contributed by atoms with van der Waals surface area (Å²) in [6.07, 6.45) is 0. The Morgan fingerprint density at radius 1 is 1.53 bits per heavy atom. The van der Waals surface area contributed by atoms with Crippen molar-refractivity contribution in [3.05, 3.63) is 41.2 Å². The van der Waals surface area contributed by atoms with Crippen molar-refractivity contribution < 1.29 is 4.79 Å². The highest BCUT2D eigenvalue weighted by molar-refractivity contribution is 6.06. The second kappa shape index (κ2) is 4.82. The minimum Gasteiger partial charge on any atom is -0.395 e. The van der Waals surface area contributed by atoms with E-state index in [1.54, 1.807) is 38.2 Å². The lowest BCUT2D eigenvalue weighted by Gasteiger charge is -2.06. The zero-order valence-electron chi connectivity index (χ0n) is 10.6. The molecule has 1 amide bonds. The van der Waals surface area contributed by atoms with E-state index in [-0.39, 0.29) is 5.91 Å². The van der Waals surface area contributed by atoms with Crippen molar-refractivity contribution in [3.8, 4) is 6.07 Å². The number of nitriles is 1. The van der Waals surface area contributed by atoms with Crippen molar-refractivity contribution in [2.75, 3.05) is 11.1 Å². The Morgan fingerprint density at radius 2 is 2.26 bits per heavy atom. The van der Waals surface area contributed by atoms with Crippen LogP contribution in [0.4, 0.5) is 11.4 Å². The van der Waals surface area contributed by atoms with Crippen molar-refractivity contribution in [1.82, 2.24) is 9.78 Å². The first-order chi connectivity index (χ1) is 9.02. The highest BCUT2D eigenvalue weighted by Crippen LogP contribution is 2.17. The molecular formula is C13H13N5O. The molecule has 0 unspecified atom stereocenters. The maximum absolute atomic E-state index is 12.1. The maximum Gasteiger partial charge on any atom is 0.276 e. The number of hydrogen-bond donors (Lipinski definition) is 2. The zero-order chi connectivity index (χ0) is 14.0. The number of nitrogens with one attached hydrogen (secondary N) is 1. The SMILES string of the molecule is Cc1nn(C)c(C(=O)Nc2cccc(C#N)c2)c1N. The number of hydrogen-bond acceptors (Lipinski definition) is 4. The van der Waals surface area contributed by atoms with E-state index in [1.807, 2.05) is 6.07 Å². The Hall–Kier alpha value is -2.81. The highest BCUT2D eigenvalue weighted by atomic mass is 16.2. The van der Waals surface area contributed by atoms with Crippen LogP contribution in [0.25, 0.3) is 0 Å². The molecule has 0 aliphatic rings. The van der Waals surface area contributed by atoms with Crippen LogP contribution >= 0.6 is 0 Å². The van der Waals surface area contributed by atoms with Gasteiger partial charge < -0.3 is 11.1 Å². The van der Waals surface area contributed by atoms with Crippen molar-refractivity contribution in [1.29, 1.82) is 5.26 Å². The second-order valence-corrected chi connectivity index (χ2v) is 4.12. The third-order valence-electron chi connectivity index (χ3n) is 2.73. The molecule has 6 heteroatoms. The van der Waals surface area contributed by atoms with Gasteiger partial charge in [0.2, 0.25) is 0 Å². The van der Waals surface area contributed by atoms with Crippen LogP contribution < -0.4 is 11.1 Å². The third kappa shape index (κ3) is 2.40. The van der Waals surface area contributed by atoms with Crippen LogP contribution in [-0.2, 0) is 7.05 Å². The maximum atomic E-state index is 12.1. The van der Waals surface area contributed by atoms with Crippen LogP contribution in [0.2, 0.25) is 0 Å². The first kappa shape index (κ1) is 12.6. The summed E-state index contributed by atoms with van der Waals surface area (Å²) in [5, 5.41) is 15.6. The number of aryl methyl sites for hydroxylation is 2. The van der Waals surface area contributed by atoms with Crippen molar-refractivity contribution >= 4 is 17.3 Å². The molecule has 1 aromatic heterocycles. The smallest absolute Gasteiger partial charge is 0.276 e. The predicted molar refractivity (Wildman–Crippen MR) is 71.5 cm³/mol. The van der Waals surface area contributed by atoms with Gasteiger partial charge in [-0.2, -0.15) is 10.4 Å². The molecule has 6 nitrogen and oxygen atoms in total. The van der Waals surface area contributed by atoms with E-state index in [2.05, 4.69) is 10.4 Å². The Kier molecular flexibility index (Phi) is 3.21. The Morgan fingerprint density at radius 3 is 2.84 bits per heavy atom. The Balaban J connectivity index is 2.28. The molecule has 1 heterocycles. The summed E-state index contributed by atoms with van der Waals surface area (Å²) in [7, 11) is 1.66. The largest absolute Gasteiger partial charge is 0.395 e. The van der Waals surface area contributed by atoms with Gasteiger partial charge >= 0.3 is 0 Å². The van der Waals surface area contributed by atoms with Gasteiger partial charge in [0.1, 0.15) is 5.69 Å². The molecular weight excluding hydrogens is 242 g/mol. The minimum absolute atomic E-state index is 0.305. The van der Waals surface area contributed by atoms with E-state index in [0.29, 0.717) is 28.3 Å². The van der Waals surface area contributed by atoms with Gasteiger partial charge in [0.15, 0.2) is 0 Å². The lowest BCUT2D eigenvalue weighted by atomic mass is 10.2. The van der Waals surface area contributed by atoms with Gasteiger partial charge in [-0.25, -0.2) is 0 Å². The number of carbonyl (C=O) groups is 1. The van der Waals surface area contributed by atoms with Crippen molar-refractivity contribution in [2.45, 2.75) is 6.92 Å². The quantitative estimate of drug-likeness (QED) is 0.848. The lowest BCUT2D eigenvalue weighted by molar-refractivity contribution is 0.101. The summed E-state index contributed by atoms with van der Waals surface area (Å²) < 4.78 is 1.44. The van der Waals surface area contributed by atoms with Crippen LogP contribution in [0.1, 0.15) is 21.7 Å². The van der Waals surface area contributed by atoms with E-state index >= 15 is 0 Å². The third-order valence-corrected chi connectivity index (χ3v) is 2.73. The number of rotatable bonds is 2. The number of amides is 1. The lowest BCUT2D eigenvalue weighted by Crippen LogP contribution is -2.17. The molecule has 0 aliphatic carbocycles. The average molecular weight is 255 g/mol. The molecule has 19 heavy (non-hydrogen) atoms. The molecule has 2 aromatic rings. The van der Waals surface area contributed by atoms with Crippen LogP contribution in [0.5, 0.6) is 0 Å². The average Bonchev–Trinajstić information content (AvgIpc) is 2.63. The molecule has 0 bridgehead atoms. The highest BCUT2D eigenvalue weighted by Gasteiger charge is 2.17. The van der Waals surface area contributed by atoms with Gasteiger partial charge in [0, 0.05) is 12.7 Å². The molecule has 0 fully saturated rings. The van der Waals surface area contributed by atoms with Gasteiger partial charge in [-0.1, -0.05) is 6.07 Å². The summed E-state index contributed by atoms with van der Waals surface area (Å²) >= 11 is 0. The molecule has 2 rings (SSSR count). The summed E-state index contributed by atoms with van der Waals surface area (Å²) in [5.41, 5.74) is 8.11. The van der Waals surface area contributed by atoms with Crippen molar-refractivity contribution in [3.63, 3.8) is 0 Å². The molecule has 1 aromatic carbocycles. The number of nitrogen functional groups attached to an aromatic ring is 1. The fourth-order valence-electron chi connectivity index (χ4n) is 1.80. The summed E-state index contributed by atoms with van der Waals surface area (Å²) in [5.74, 6) is -0.351. The van der Waals surface area contributed by atoms with E-state index in [0.717, 1.165) is 0 Å². The molecule has 0 atom stereocenters. The zero-order valence-corrected chi connectivity index (χ0v) is 10.6. The molecule has 0 radical (unpaired) electrons.